The van der Waals surface area contributed by atoms with Gasteiger partial charge in [0.1, 0.15) is 11.4 Å². The number of hydrogen-bond donors (Lipinski definition) is 0. The summed E-state index contributed by atoms with van der Waals surface area (Å²) < 4.78 is 46.8. The summed E-state index contributed by atoms with van der Waals surface area (Å²) in [7, 11) is 1.44. The zero-order valence-corrected chi connectivity index (χ0v) is 10.9. The van der Waals surface area contributed by atoms with E-state index in [2.05, 4.69) is 15.9 Å². The Labute approximate surface area is 106 Å². The maximum atomic E-state index is 12.2. The second-order valence-corrected chi connectivity index (χ2v) is 4.58. The van der Waals surface area contributed by atoms with Crippen LogP contribution in [0.25, 0.3) is 0 Å². The molecule has 1 aromatic carbocycles. The van der Waals surface area contributed by atoms with E-state index >= 15 is 0 Å². The van der Waals surface area contributed by atoms with Crippen LogP contribution in [0.2, 0.25) is 0 Å². The van der Waals surface area contributed by atoms with Crippen LogP contribution in [0.15, 0.2) is 18.2 Å². The van der Waals surface area contributed by atoms with Gasteiger partial charge in [-0.15, -0.1) is 0 Å². The van der Waals surface area contributed by atoms with E-state index in [1.54, 1.807) is 18.2 Å². The summed E-state index contributed by atoms with van der Waals surface area (Å²) in [6.45, 7) is 1.36. The van der Waals surface area contributed by atoms with Gasteiger partial charge in [0, 0.05) is 0 Å². The molecule has 1 aromatic rings. The maximum absolute atomic E-state index is 12.2. The number of aryl methyl sites for hydroxylation is 1. The average Bonchev–Trinajstić information content (AvgIpc) is 2.25. The molecule has 0 aliphatic heterocycles. The zero-order chi connectivity index (χ0) is 13.1. The molecule has 1 unspecified atom stereocenters. The molecule has 96 valence electrons. The minimum atomic E-state index is -4.32. The van der Waals surface area contributed by atoms with Crippen LogP contribution in [0.5, 0.6) is 11.5 Å². The largest absolute Gasteiger partial charge is 0.493 e. The number of benzene rings is 1. The van der Waals surface area contributed by atoms with Gasteiger partial charge in [-0.1, -0.05) is 22.0 Å². The molecule has 1 rings (SSSR count). The molecule has 1 atom stereocenters. The molecule has 0 aromatic heterocycles. The molecule has 6 heteroatoms. The molecule has 0 aliphatic rings. The van der Waals surface area contributed by atoms with E-state index in [0.29, 0.717) is 11.5 Å². The molecular formula is C11H12BrF3O2. The van der Waals surface area contributed by atoms with E-state index < -0.39 is 17.6 Å². The third kappa shape index (κ3) is 4.11. The number of halogens is 4. The number of hydrogen-bond acceptors (Lipinski definition) is 2. The Morgan fingerprint density at radius 1 is 1.29 bits per heavy atom. The lowest BCUT2D eigenvalue weighted by molar-refractivity contribution is -0.132. The quantitative estimate of drug-likeness (QED) is 0.789. The zero-order valence-electron chi connectivity index (χ0n) is 9.34. The van der Waals surface area contributed by atoms with Crippen molar-refractivity contribution in [3.8, 4) is 11.5 Å². The summed E-state index contributed by atoms with van der Waals surface area (Å²) in [5.41, 5.74) is 0.945. The smallest absolute Gasteiger partial charge is 0.404 e. The highest BCUT2D eigenvalue weighted by Gasteiger charge is 2.38. The molecule has 0 saturated heterocycles. The Kier molecular flexibility index (Phi) is 4.68. The van der Waals surface area contributed by atoms with E-state index in [1.165, 1.54) is 7.11 Å². The summed E-state index contributed by atoms with van der Waals surface area (Å²) in [5, 5.41) is 0. The lowest BCUT2D eigenvalue weighted by Crippen LogP contribution is -2.28. The number of rotatable bonds is 4. The van der Waals surface area contributed by atoms with Crippen LogP contribution in [0.3, 0.4) is 0 Å². The maximum Gasteiger partial charge on any atom is 0.404 e. The van der Waals surface area contributed by atoms with Crippen LogP contribution in [0, 0.1) is 6.92 Å². The van der Waals surface area contributed by atoms with Gasteiger partial charge < -0.3 is 9.47 Å². The van der Waals surface area contributed by atoms with Crippen LogP contribution in [-0.2, 0) is 0 Å². The van der Waals surface area contributed by atoms with Crippen LogP contribution >= 0.6 is 15.9 Å². The van der Waals surface area contributed by atoms with Crippen molar-refractivity contribution in [2.24, 2.45) is 0 Å². The van der Waals surface area contributed by atoms with E-state index in [-0.39, 0.29) is 0 Å². The van der Waals surface area contributed by atoms with Crippen LogP contribution in [-0.4, -0.2) is 24.7 Å². The molecule has 0 aliphatic carbocycles. The monoisotopic (exact) mass is 312 g/mol. The van der Waals surface area contributed by atoms with E-state index in [4.69, 9.17) is 9.47 Å². The third-order valence-electron chi connectivity index (χ3n) is 2.06. The Balaban J connectivity index is 2.69. The Morgan fingerprint density at radius 3 is 2.47 bits per heavy atom. The highest BCUT2D eigenvalue weighted by atomic mass is 79.9. The molecule has 0 bridgehead atoms. The van der Waals surface area contributed by atoms with Crippen molar-refractivity contribution < 1.29 is 22.6 Å². The first-order valence-electron chi connectivity index (χ1n) is 4.83. The van der Waals surface area contributed by atoms with Gasteiger partial charge in [-0.25, -0.2) is 0 Å². The minimum Gasteiger partial charge on any atom is -0.493 e. The van der Waals surface area contributed by atoms with E-state index in [1.807, 2.05) is 6.92 Å². The fraction of sp³-hybridized carbons (Fsp3) is 0.455. The van der Waals surface area contributed by atoms with Gasteiger partial charge in [-0.2, -0.15) is 13.2 Å². The first kappa shape index (κ1) is 14.2. The van der Waals surface area contributed by atoms with Gasteiger partial charge in [-0.05, 0) is 24.6 Å². The topological polar surface area (TPSA) is 18.5 Å². The minimum absolute atomic E-state index is 0.298. The normalized spacial score (nSPS) is 13.3. The van der Waals surface area contributed by atoms with Crippen molar-refractivity contribution >= 4 is 15.9 Å². The van der Waals surface area contributed by atoms with Gasteiger partial charge in [0.25, 0.3) is 0 Å². The Bertz CT molecular complexity index is 379. The van der Waals surface area contributed by atoms with Gasteiger partial charge >= 0.3 is 6.18 Å². The van der Waals surface area contributed by atoms with Gasteiger partial charge in [0.05, 0.1) is 7.11 Å². The summed E-state index contributed by atoms with van der Waals surface area (Å²) in [6.07, 6.45) is -4.32. The van der Waals surface area contributed by atoms with Gasteiger partial charge in [-0.3, -0.25) is 0 Å². The second-order valence-electron chi connectivity index (χ2n) is 3.47. The molecule has 0 spiro atoms. The summed E-state index contributed by atoms with van der Waals surface area (Å²) >= 11 is 2.53. The Morgan fingerprint density at radius 2 is 1.94 bits per heavy atom. The van der Waals surface area contributed by atoms with Crippen molar-refractivity contribution in [1.29, 1.82) is 0 Å². The summed E-state index contributed by atoms with van der Waals surface area (Å²) in [4.78, 5) is -1.69. The van der Waals surface area contributed by atoms with E-state index in [9.17, 15) is 13.2 Å². The lowest BCUT2D eigenvalue weighted by Gasteiger charge is -2.16. The second kappa shape index (κ2) is 5.62. The van der Waals surface area contributed by atoms with Crippen molar-refractivity contribution in [3.63, 3.8) is 0 Å². The SMILES string of the molecule is COc1cc(C)ccc1OCC(Br)C(F)(F)F. The highest BCUT2D eigenvalue weighted by molar-refractivity contribution is 9.09. The van der Waals surface area contributed by atoms with Crippen molar-refractivity contribution in [1.82, 2.24) is 0 Å². The standard InChI is InChI=1S/C11H12BrF3O2/c1-7-3-4-8(9(5-7)16-2)17-6-10(12)11(13,14)15/h3-5,10H,6H2,1-2H3. The molecule has 0 N–H and O–H groups in total. The molecule has 2 nitrogen and oxygen atoms in total. The molecule has 0 saturated carbocycles. The van der Waals surface area contributed by atoms with Crippen molar-refractivity contribution in [2.75, 3.05) is 13.7 Å². The lowest BCUT2D eigenvalue weighted by atomic mass is 10.2. The average molecular weight is 313 g/mol. The molecule has 0 amide bonds. The molecular weight excluding hydrogens is 301 g/mol. The Hall–Kier alpha value is -0.910. The molecule has 0 heterocycles. The molecule has 17 heavy (non-hydrogen) atoms. The third-order valence-corrected chi connectivity index (χ3v) is 2.84. The summed E-state index contributed by atoms with van der Waals surface area (Å²) in [6, 6.07) is 5.03. The first-order chi connectivity index (χ1) is 7.84. The van der Waals surface area contributed by atoms with Gasteiger partial charge in [0.2, 0.25) is 0 Å². The van der Waals surface area contributed by atoms with Crippen molar-refractivity contribution in [2.45, 2.75) is 17.9 Å². The fourth-order valence-corrected chi connectivity index (χ4v) is 1.28. The number of methoxy groups -OCH3 is 1. The number of alkyl halides is 4. The highest BCUT2D eigenvalue weighted by Crippen LogP contribution is 2.31. The van der Waals surface area contributed by atoms with Crippen LogP contribution in [0.1, 0.15) is 5.56 Å². The number of ether oxygens (including phenoxy) is 2. The van der Waals surface area contributed by atoms with Gasteiger partial charge in [0.15, 0.2) is 11.5 Å². The first-order valence-corrected chi connectivity index (χ1v) is 5.74. The fourth-order valence-electron chi connectivity index (χ4n) is 1.15. The van der Waals surface area contributed by atoms with Crippen LogP contribution in [0.4, 0.5) is 13.2 Å². The van der Waals surface area contributed by atoms with E-state index in [0.717, 1.165) is 5.56 Å². The van der Waals surface area contributed by atoms with Crippen molar-refractivity contribution in [3.05, 3.63) is 23.8 Å². The predicted molar refractivity (Wildman–Crippen MR) is 62.0 cm³/mol. The van der Waals surface area contributed by atoms with Crippen LogP contribution < -0.4 is 9.47 Å². The molecule has 0 fully saturated rings. The molecule has 0 radical (unpaired) electrons. The predicted octanol–water partition coefficient (Wildman–Crippen LogP) is 3.71. The summed E-state index contributed by atoms with van der Waals surface area (Å²) in [5.74, 6) is 0.721.